The molecular formula is C14H24N4O. The molecule has 0 amide bonds. The van der Waals surface area contributed by atoms with Crippen molar-refractivity contribution in [3.8, 4) is 0 Å². The molecule has 106 valence electrons. The van der Waals surface area contributed by atoms with Crippen LogP contribution in [0.15, 0.2) is 0 Å². The third-order valence-electron chi connectivity index (χ3n) is 3.31. The SMILES string of the molecule is CCNc1nc(C(C)C)nc(N2CCOCC2)c1C. The summed E-state index contributed by atoms with van der Waals surface area (Å²) in [6, 6.07) is 0. The fourth-order valence-corrected chi connectivity index (χ4v) is 2.20. The zero-order valence-corrected chi connectivity index (χ0v) is 12.4. The number of ether oxygens (including phenoxy) is 1. The van der Waals surface area contributed by atoms with Gasteiger partial charge in [0.1, 0.15) is 17.5 Å². The lowest BCUT2D eigenvalue weighted by Gasteiger charge is -2.30. The van der Waals surface area contributed by atoms with Crippen molar-refractivity contribution in [3.63, 3.8) is 0 Å². The Labute approximate surface area is 115 Å². The summed E-state index contributed by atoms with van der Waals surface area (Å²) in [5.74, 6) is 3.25. The van der Waals surface area contributed by atoms with Gasteiger partial charge in [-0.05, 0) is 13.8 Å². The summed E-state index contributed by atoms with van der Waals surface area (Å²) in [7, 11) is 0. The lowest BCUT2D eigenvalue weighted by molar-refractivity contribution is 0.122. The molecule has 1 aromatic heterocycles. The molecule has 1 aliphatic rings. The van der Waals surface area contributed by atoms with Crippen LogP contribution in [0.4, 0.5) is 11.6 Å². The molecule has 1 fully saturated rings. The molecule has 0 atom stereocenters. The van der Waals surface area contributed by atoms with Gasteiger partial charge in [0, 0.05) is 31.1 Å². The van der Waals surface area contributed by atoms with Gasteiger partial charge in [-0.3, -0.25) is 0 Å². The Hall–Kier alpha value is -1.36. The molecule has 0 aromatic carbocycles. The number of rotatable bonds is 4. The van der Waals surface area contributed by atoms with Crippen molar-refractivity contribution in [1.29, 1.82) is 0 Å². The van der Waals surface area contributed by atoms with E-state index in [4.69, 9.17) is 9.72 Å². The number of aromatic nitrogens is 2. The normalized spacial score (nSPS) is 15.9. The lowest BCUT2D eigenvalue weighted by Crippen LogP contribution is -2.37. The first-order chi connectivity index (χ1) is 9.13. The molecule has 1 aromatic rings. The molecule has 1 N–H and O–H groups in total. The minimum absolute atomic E-state index is 0.331. The van der Waals surface area contributed by atoms with Gasteiger partial charge in [0.15, 0.2) is 0 Å². The highest BCUT2D eigenvalue weighted by molar-refractivity contribution is 5.59. The molecule has 1 aliphatic heterocycles. The van der Waals surface area contributed by atoms with Crippen molar-refractivity contribution in [2.24, 2.45) is 0 Å². The number of nitrogens with one attached hydrogen (secondary N) is 1. The van der Waals surface area contributed by atoms with Crippen molar-refractivity contribution < 1.29 is 4.74 Å². The zero-order chi connectivity index (χ0) is 13.8. The van der Waals surface area contributed by atoms with Crippen molar-refractivity contribution in [2.75, 3.05) is 43.1 Å². The summed E-state index contributed by atoms with van der Waals surface area (Å²) >= 11 is 0. The molecule has 0 radical (unpaired) electrons. The number of hydrogen-bond donors (Lipinski definition) is 1. The number of hydrogen-bond acceptors (Lipinski definition) is 5. The summed E-state index contributed by atoms with van der Waals surface area (Å²) in [5, 5.41) is 3.34. The standard InChI is InChI=1S/C14H24N4O/c1-5-15-13-11(4)14(17-12(16-13)10(2)3)18-6-8-19-9-7-18/h10H,5-9H2,1-4H3,(H,15,16,17). The van der Waals surface area contributed by atoms with Gasteiger partial charge in [0.05, 0.1) is 13.2 Å². The van der Waals surface area contributed by atoms with Crippen LogP contribution in [0.2, 0.25) is 0 Å². The van der Waals surface area contributed by atoms with Gasteiger partial charge in [0.25, 0.3) is 0 Å². The Morgan fingerprint density at radius 1 is 1.26 bits per heavy atom. The first-order valence-electron chi connectivity index (χ1n) is 7.08. The highest BCUT2D eigenvalue weighted by Gasteiger charge is 2.19. The third-order valence-corrected chi connectivity index (χ3v) is 3.31. The topological polar surface area (TPSA) is 50.3 Å². The summed E-state index contributed by atoms with van der Waals surface area (Å²) in [4.78, 5) is 11.7. The molecule has 2 heterocycles. The fraction of sp³-hybridized carbons (Fsp3) is 0.714. The van der Waals surface area contributed by atoms with E-state index in [0.717, 1.165) is 55.9 Å². The van der Waals surface area contributed by atoms with Crippen molar-refractivity contribution in [2.45, 2.75) is 33.6 Å². The van der Waals surface area contributed by atoms with Gasteiger partial charge in [-0.25, -0.2) is 9.97 Å². The third kappa shape index (κ3) is 3.15. The predicted octanol–water partition coefficient (Wildman–Crippen LogP) is 2.18. The van der Waals surface area contributed by atoms with Gasteiger partial charge in [0.2, 0.25) is 0 Å². The van der Waals surface area contributed by atoms with Crippen molar-refractivity contribution in [1.82, 2.24) is 9.97 Å². The van der Waals surface area contributed by atoms with Gasteiger partial charge < -0.3 is 15.0 Å². The molecule has 1 saturated heterocycles. The van der Waals surface area contributed by atoms with Crippen LogP contribution >= 0.6 is 0 Å². The van der Waals surface area contributed by atoms with E-state index in [0.29, 0.717) is 5.92 Å². The van der Waals surface area contributed by atoms with Crippen LogP contribution in [0, 0.1) is 6.92 Å². The van der Waals surface area contributed by atoms with Gasteiger partial charge in [-0.2, -0.15) is 0 Å². The molecular weight excluding hydrogens is 240 g/mol. The Bertz CT molecular complexity index is 428. The monoisotopic (exact) mass is 264 g/mol. The molecule has 0 unspecified atom stereocenters. The fourth-order valence-electron chi connectivity index (χ4n) is 2.20. The average molecular weight is 264 g/mol. The molecule has 5 heteroatoms. The van der Waals surface area contributed by atoms with Crippen molar-refractivity contribution in [3.05, 3.63) is 11.4 Å². The maximum absolute atomic E-state index is 5.42. The number of morpholine rings is 1. The highest BCUT2D eigenvalue weighted by atomic mass is 16.5. The van der Waals surface area contributed by atoms with Crippen LogP contribution in [-0.4, -0.2) is 42.8 Å². The summed E-state index contributed by atoms with van der Waals surface area (Å²) in [5.41, 5.74) is 1.13. The van der Waals surface area contributed by atoms with Crippen LogP contribution in [0.5, 0.6) is 0 Å². The van der Waals surface area contributed by atoms with Crippen LogP contribution in [0.25, 0.3) is 0 Å². The van der Waals surface area contributed by atoms with Gasteiger partial charge >= 0.3 is 0 Å². The Kier molecular flexibility index (Phi) is 4.58. The first kappa shape index (κ1) is 14.1. The van der Waals surface area contributed by atoms with E-state index >= 15 is 0 Å². The second-order valence-corrected chi connectivity index (χ2v) is 5.16. The molecule has 0 aliphatic carbocycles. The van der Waals surface area contributed by atoms with Crippen LogP contribution in [0.1, 0.15) is 38.1 Å². The average Bonchev–Trinajstić information content (AvgIpc) is 2.42. The molecule has 5 nitrogen and oxygen atoms in total. The Morgan fingerprint density at radius 2 is 1.95 bits per heavy atom. The zero-order valence-electron chi connectivity index (χ0n) is 12.4. The highest BCUT2D eigenvalue weighted by Crippen LogP contribution is 2.26. The lowest BCUT2D eigenvalue weighted by atomic mass is 10.2. The smallest absolute Gasteiger partial charge is 0.137 e. The second kappa shape index (κ2) is 6.19. The summed E-state index contributed by atoms with van der Waals surface area (Å²) in [6.45, 7) is 12.7. The quantitative estimate of drug-likeness (QED) is 0.903. The minimum Gasteiger partial charge on any atom is -0.378 e. The summed E-state index contributed by atoms with van der Waals surface area (Å²) < 4.78 is 5.42. The predicted molar refractivity (Wildman–Crippen MR) is 78.1 cm³/mol. The molecule has 2 rings (SSSR count). The van der Waals surface area contributed by atoms with E-state index in [-0.39, 0.29) is 0 Å². The van der Waals surface area contributed by atoms with Gasteiger partial charge in [-0.15, -0.1) is 0 Å². The Morgan fingerprint density at radius 3 is 2.53 bits per heavy atom. The Balaban J connectivity index is 2.38. The van der Waals surface area contributed by atoms with E-state index < -0.39 is 0 Å². The van der Waals surface area contributed by atoms with Crippen molar-refractivity contribution >= 4 is 11.6 Å². The van der Waals surface area contributed by atoms with Crippen LogP contribution < -0.4 is 10.2 Å². The van der Waals surface area contributed by atoms with Crippen LogP contribution in [-0.2, 0) is 4.74 Å². The molecule has 0 saturated carbocycles. The van der Waals surface area contributed by atoms with E-state index in [9.17, 15) is 0 Å². The number of anilines is 2. The maximum atomic E-state index is 5.42. The first-order valence-corrected chi connectivity index (χ1v) is 7.08. The molecule has 0 bridgehead atoms. The van der Waals surface area contributed by atoms with E-state index in [2.05, 4.69) is 42.9 Å². The van der Waals surface area contributed by atoms with E-state index in [1.807, 2.05) is 0 Å². The second-order valence-electron chi connectivity index (χ2n) is 5.16. The molecule has 0 spiro atoms. The number of nitrogens with zero attached hydrogens (tertiary/aromatic N) is 3. The van der Waals surface area contributed by atoms with Gasteiger partial charge in [-0.1, -0.05) is 13.8 Å². The van der Waals surface area contributed by atoms with E-state index in [1.165, 1.54) is 0 Å². The van der Waals surface area contributed by atoms with E-state index in [1.54, 1.807) is 0 Å². The molecule has 19 heavy (non-hydrogen) atoms. The minimum atomic E-state index is 0.331. The summed E-state index contributed by atoms with van der Waals surface area (Å²) in [6.07, 6.45) is 0. The van der Waals surface area contributed by atoms with Crippen LogP contribution in [0.3, 0.4) is 0 Å². The largest absolute Gasteiger partial charge is 0.378 e. The maximum Gasteiger partial charge on any atom is 0.137 e.